The van der Waals surface area contributed by atoms with Gasteiger partial charge in [-0.1, -0.05) is 0 Å². The largest absolute Gasteiger partial charge is 0.507 e. The van der Waals surface area contributed by atoms with E-state index in [1.807, 2.05) is 0 Å². The number of hydrogen-bond donors (Lipinski definition) is 3. The van der Waals surface area contributed by atoms with Crippen molar-refractivity contribution in [3.8, 4) is 17.0 Å². The average Bonchev–Trinajstić information content (AvgIpc) is 3.29. The van der Waals surface area contributed by atoms with Crippen molar-refractivity contribution in [3.05, 3.63) is 42.2 Å². The molecule has 1 aliphatic carbocycles. The van der Waals surface area contributed by atoms with Crippen LogP contribution in [0.15, 0.2) is 36.7 Å². The van der Waals surface area contributed by atoms with Crippen LogP contribution in [0.1, 0.15) is 24.8 Å². The van der Waals surface area contributed by atoms with Crippen LogP contribution in [0.5, 0.6) is 5.75 Å². The van der Waals surface area contributed by atoms with Crippen LogP contribution in [0.4, 0.5) is 19.0 Å². The smallest absolute Gasteiger partial charge is 0.416 e. The van der Waals surface area contributed by atoms with Gasteiger partial charge in [-0.15, -0.1) is 10.2 Å². The summed E-state index contributed by atoms with van der Waals surface area (Å²) in [6, 6.07) is 4.42. The Morgan fingerprint density at radius 2 is 2.06 bits per heavy atom. The van der Waals surface area contributed by atoms with Crippen molar-refractivity contribution in [3.63, 3.8) is 0 Å². The molecule has 31 heavy (non-hydrogen) atoms. The third kappa shape index (κ3) is 3.31. The van der Waals surface area contributed by atoms with Gasteiger partial charge in [0, 0.05) is 41.2 Å². The van der Waals surface area contributed by atoms with Gasteiger partial charge in [-0.2, -0.15) is 13.2 Å². The number of pyridine rings is 1. The third-order valence-corrected chi connectivity index (χ3v) is 6.12. The molecule has 1 saturated carbocycles. The van der Waals surface area contributed by atoms with Gasteiger partial charge >= 0.3 is 6.18 Å². The van der Waals surface area contributed by atoms with E-state index in [2.05, 4.69) is 25.8 Å². The van der Waals surface area contributed by atoms with E-state index in [0.29, 0.717) is 29.2 Å². The number of carbonyl (C=O) groups is 1. The molecule has 5 rings (SSSR count). The van der Waals surface area contributed by atoms with Crippen LogP contribution < -0.4 is 10.6 Å². The normalized spacial score (nSPS) is 22.7. The first-order valence-corrected chi connectivity index (χ1v) is 9.83. The number of phenolic OH excluding ortho intramolecular Hbond substituents is 1. The first-order valence-electron chi connectivity index (χ1n) is 9.83. The molecule has 1 saturated heterocycles. The number of nitrogens with one attached hydrogen (secondary N) is 2. The van der Waals surface area contributed by atoms with E-state index in [4.69, 9.17) is 0 Å². The number of anilines is 1. The molecule has 0 unspecified atom stereocenters. The number of phenols is 1. The standard InChI is InChI=1S/C21H18F3N5O2/c22-21(23,24)12-1-2-14(16(30)7-12)17-13-4-6-25-9-15(13)18(29-28-17)26-10-20-5-3-11(8-20)19(31)27-20/h1-2,4,6-7,9,11,30H,3,5,8,10H2,(H,26,29)(H,27,31)/t11-,20+/m1/s1. The number of piperidine rings is 1. The van der Waals surface area contributed by atoms with Gasteiger partial charge in [0.1, 0.15) is 11.4 Å². The Kier molecular flexibility index (Phi) is 4.28. The minimum absolute atomic E-state index is 0.0660. The quantitative estimate of drug-likeness (QED) is 0.587. The van der Waals surface area contributed by atoms with Gasteiger partial charge in [-0.25, -0.2) is 0 Å². The maximum absolute atomic E-state index is 12.9. The molecule has 0 spiro atoms. The maximum atomic E-state index is 12.9. The molecule has 7 nitrogen and oxygen atoms in total. The summed E-state index contributed by atoms with van der Waals surface area (Å²) in [6.45, 7) is 0.485. The Bertz CT molecular complexity index is 1200. The summed E-state index contributed by atoms with van der Waals surface area (Å²) >= 11 is 0. The van der Waals surface area contributed by atoms with Gasteiger partial charge in [0.15, 0.2) is 5.82 Å². The van der Waals surface area contributed by atoms with Gasteiger partial charge in [-0.3, -0.25) is 9.78 Å². The molecule has 2 atom stereocenters. The molecule has 2 aromatic heterocycles. The van der Waals surface area contributed by atoms with E-state index in [1.165, 1.54) is 12.3 Å². The molecule has 160 valence electrons. The summed E-state index contributed by atoms with van der Waals surface area (Å²) in [7, 11) is 0. The Morgan fingerprint density at radius 3 is 2.74 bits per heavy atom. The molecule has 0 radical (unpaired) electrons. The zero-order valence-electron chi connectivity index (χ0n) is 16.2. The van der Waals surface area contributed by atoms with Crippen molar-refractivity contribution >= 4 is 22.5 Å². The molecule has 3 aromatic rings. The van der Waals surface area contributed by atoms with Gasteiger partial charge in [-0.05, 0) is 43.5 Å². The lowest BCUT2D eigenvalue weighted by atomic mass is 9.99. The van der Waals surface area contributed by atoms with Crippen molar-refractivity contribution < 1.29 is 23.1 Å². The molecule has 2 fully saturated rings. The van der Waals surface area contributed by atoms with E-state index < -0.39 is 17.5 Å². The van der Waals surface area contributed by atoms with Gasteiger partial charge in [0.25, 0.3) is 0 Å². The second-order valence-electron chi connectivity index (χ2n) is 8.11. The van der Waals surface area contributed by atoms with Crippen LogP contribution in [0.3, 0.4) is 0 Å². The van der Waals surface area contributed by atoms with Crippen LogP contribution in [0.25, 0.3) is 22.0 Å². The van der Waals surface area contributed by atoms with Gasteiger partial charge < -0.3 is 15.7 Å². The molecule has 1 aromatic carbocycles. The number of hydrogen-bond acceptors (Lipinski definition) is 6. The van der Waals surface area contributed by atoms with Crippen molar-refractivity contribution in [1.29, 1.82) is 0 Å². The minimum atomic E-state index is -4.56. The van der Waals surface area contributed by atoms with E-state index in [9.17, 15) is 23.1 Å². The lowest BCUT2D eigenvalue weighted by Crippen LogP contribution is -2.48. The molecule has 2 aliphatic rings. The monoisotopic (exact) mass is 429 g/mol. The molecular formula is C21H18F3N5O2. The average molecular weight is 429 g/mol. The highest BCUT2D eigenvalue weighted by Crippen LogP contribution is 2.41. The number of halogens is 3. The highest BCUT2D eigenvalue weighted by molar-refractivity contribution is 6.00. The predicted octanol–water partition coefficient (Wildman–Crippen LogP) is 3.50. The number of aromatic hydroxyl groups is 1. The summed E-state index contributed by atoms with van der Waals surface area (Å²) in [5, 5.41) is 26.1. The maximum Gasteiger partial charge on any atom is 0.416 e. The van der Waals surface area contributed by atoms with Crippen LogP contribution in [-0.4, -0.2) is 38.3 Å². The van der Waals surface area contributed by atoms with Crippen LogP contribution in [0.2, 0.25) is 0 Å². The fourth-order valence-corrected chi connectivity index (χ4v) is 4.52. The van der Waals surface area contributed by atoms with Crippen molar-refractivity contribution in [1.82, 2.24) is 20.5 Å². The number of aromatic nitrogens is 3. The second kappa shape index (κ2) is 6.79. The van der Waals surface area contributed by atoms with Gasteiger partial charge in [0.2, 0.25) is 5.91 Å². The summed E-state index contributed by atoms with van der Waals surface area (Å²) in [4.78, 5) is 16.0. The zero-order valence-corrected chi connectivity index (χ0v) is 16.2. The molecule has 2 bridgehead atoms. The van der Waals surface area contributed by atoms with E-state index in [-0.39, 0.29) is 28.6 Å². The fourth-order valence-electron chi connectivity index (χ4n) is 4.52. The first-order chi connectivity index (χ1) is 14.8. The third-order valence-electron chi connectivity index (χ3n) is 6.12. The first kappa shape index (κ1) is 19.5. The number of carbonyl (C=O) groups excluding carboxylic acids is 1. The number of alkyl halides is 3. The zero-order chi connectivity index (χ0) is 21.8. The Morgan fingerprint density at radius 1 is 1.23 bits per heavy atom. The topological polar surface area (TPSA) is 100 Å². The van der Waals surface area contributed by atoms with Crippen molar-refractivity contribution in [2.45, 2.75) is 31.0 Å². The van der Waals surface area contributed by atoms with E-state index >= 15 is 0 Å². The highest BCUT2D eigenvalue weighted by Gasteiger charge is 2.49. The minimum Gasteiger partial charge on any atom is -0.507 e. The fraction of sp³-hybridized carbons (Fsp3) is 0.333. The summed E-state index contributed by atoms with van der Waals surface area (Å²) in [5.74, 6) is 0.0693. The Labute approximate surface area is 174 Å². The molecule has 1 amide bonds. The molecule has 1 aliphatic heterocycles. The number of benzene rings is 1. The number of fused-ring (bicyclic) bond motifs is 3. The number of amides is 1. The second-order valence-corrected chi connectivity index (χ2v) is 8.11. The SMILES string of the molecule is O=C1N[C@@]2(CNc3nnc(-c4ccc(C(F)(F)F)cc4O)c4ccncc34)CC[C@@H]1C2. The highest BCUT2D eigenvalue weighted by atomic mass is 19.4. The van der Waals surface area contributed by atoms with Crippen LogP contribution in [-0.2, 0) is 11.0 Å². The lowest BCUT2D eigenvalue weighted by Gasteiger charge is -2.28. The summed E-state index contributed by atoms with van der Waals surface area (Å²) < 4.78 is 38.8. The van der Waals surface area contributed by atoms with Gasteiger partial charge in [0.05, 0.1) is 11.1 Å². The predicted molar refractivity (Wildman–Crippen MR) is 106 cm³/mol. The Balaban J connectivity index is 1.49. The van der Waals surface area contributed by atoms with Crippen molar-refractivity contribution in [2.24, 2.45) is 5.92 Å². The number of nitrogens with zero attached hydrogens (tertiary/aromatic N) is 3. The molecular weight excluding hydrogens is 411 g/mol. The number of rotatable bonds is 4. The van der Waals surface area contributed by atoms with E-state index in [1.54, 1.807) is 12.3 Å². The summed E-state index contributed by atoms with van der Waals surface area (Å²) in [5.41, 5.74) is -0.854. The summed E-state index contributed by atoms with van der Waals surface area (Å²) in [6.07, 6.45) is 1.09. The molecule has 3 N–H and O–H groups in total. The molecule has 10 heteroatoms. The van der Waals surface area contributed by atoms with E-state index in [0.717, 1.165) is 25.3 Å². The van der Waals surface area contributed by atoms with Crippen molar-refractivity contribution in [2.75, 3.05) is 11.9 Å². The Hall–Kier alpha value is -3.43. The van der Waals surface area contributed by atoms with Crippen LogP contribution in [0, 0.1) is 5.92 Å². The molecule has 3 heterocycles. The van der Waals surface area contributed by atoms with Crippen LogP contribution >= 0.6 is 0 Å². The lowest BCUT2D eigenvalue weighted by molar-refractivity contribution is -0.137.